The number of aromatic nitrogens is 1. The van der Waals surface area contributed by atoms with Crippen LogP contribution in [0, 0.1) is 0 Å². The summed E-state index contributed by atoms with van der Waals surface area (Å²) in [7, 11) is 0. The number of pyridine rings is 1. The highest BCUT2D eigenvalue weighted by Crippen LogP contribution is 2.16. The number of carbonyl (C=O) groups is 2. The summed E-state index contributed by atoms with van der Waals surface area (Å²) in [5.74, 6) is 0.0986. The summed E-state index contributed by atoms with van der Waals surface area (Å²) in [6.45, 7) is 4.85. The maximum absolute atomic E-state index is 12.1. The van der Waals surface area contributed by atoms with Gasteiger partial charge in [0.05, 0.1) is 12.2 Å². The molecule has 2 aromatic rings. The maximum Gasteiger partial charge on any atom is 0.338 e. The van der Waals surface area contributed by atoms with E-state index in [2.05, 4.69) is 22.5 Å². The molecule has 1 aromatic carbocycles. The van der Waals surface area contributed by atoms with Gasteiger partial charge in [0.15, 0.2) is 0 Å². The third-order valence-electron chi connectivity index (χ3n) is 3.51. The highest BCUT2D eigenvalue weighted by Gasteiger charge is 2.08. The molecule has 0 aliphatic heterocycles. The Bertz CT molecular complexity index is 714. The van der Waals surface area contributed by atoms with Crippen LogP contribution < -0.4 is 10.6 Å². The molecule has 6 heteroatoms. The summed E-state index contributed by atoms with van der Waals surface area (Å²) in [5, 5.41) is 6.00. The lowest BCUT2D eigenvalue weighted by Crippen LogP contribution is -2.24. The van der Waals surface area contributed by atoms with Crippen molar-refractivity contribution < 1.29 is 14.3 Å². The molecular weight excluding hydrogens is 318 g/mol. The first kappa shape index (κ1) is 18.4. The summed E-state index contributed by atoms with van der Waals surface area (Å²) in [6, 6.07) is 10.3. The second kappa shape index (κ2) is 9.42. The Labute approximate surface area is 147 Å². The minimum atomic E-state index is -0.349. The number of hydrogen-bond acceptors (Lipinski definition) is 5. The van der Waals surface area contributed by atoms with Crippen LogP contribution in [-0.4, -0.2) is 30.0 Å². The fourth-order valence-electron chi connectivity index (χ4n) is 2.17. The van der Waals surface area contributed by atoms with Crippen LogP contribution in [0.3, 0.4) is 0 Å². The normalized spacial score (nSPS) is 10.2. The van der Waals surface area contributed by atoms with Crippen molar-refractivity contribution in [1.29, 1.82) is 0 Å². The monoisotopic (exact) mass is 341 g/mol. The van der Waals surface area contributed by atoms with E-state index in [-0.39, 0.29) is 11.9 Å². The van der Waals surface area contributed by atoms with E-state index in [9.17, 15) is 9.59 Å². The molecule has 132 valence electrons. The number of amides is 1. The van der Waals surface area contributed by atoms with E-state index in [0.717, 1.165) is 18.5 Å². The summed E-state index contributed by atoms with van der Waals surface area (Å²) in [4.78, 5) is 27.9. The molecule has 0 radical (unpaired) electrons. The molecule has 0 aliphatic rings. The van der Waals surface area contributed by atoms with E-state index in [1.807, 2.05) is 0 Å². The highest BCUT2D eigenvalue weighted by molar-refractivity contribution is 5.95. The largest absolute Gasteiger partial charge is 0.462 e. The Kier molecular flexibility index (Phi) is 6.95. The molecule has 2 N–H and O–H groups in total. The van der Waals surface area contributed by atoms with Gasteiger partial charge in [-0.05, 0) is 49.7 Å². The van der Waals surface area contributed by atoms with Gasteiger partial charge in [-0.15, -0.1) is 0 Å². The third kappa shape index (κ3) is 5.60. The van der Waals surface area contributed by atoms with Gasteiger partial charge in [-0.2, -0.15) is 0 Å². The molecule has 0 saturated carbocycles. The van der Waals surface area contributed by atoms with Crippen LogP contribution in [0.1, 0.15) is 47.4 Å². The Morgan fingerprint density at radius 2 is 1.84 bits per heavy atom. The van der Waals surface area contributed by atoms with Gasteiger partial charge in [0.25, 0.3) is 5.91 Å². The third-order valence-corrected chi connectivity index (χ3v) is 3.51. The van der Waals surface area contributed by atoms with Crippen LogP contribution in [-0.2, 0) is 4.74 Å². The minimum absolute atomic E-state index is 0.114. The van der Waals surface area contributed by atoms with E-state index in [0.29, 0.717) is 30.1 Å². The Balaban J connectivity index is 2.01. The van der Waals surface area contributed by atoms with Crippen molar-refractivity contribution in [2.75, 3.05) is 18.5 Å². The summed E-state index contributed by atoms with van der Waals surface area (Å²) in [6.07, 6.45) is 3.57. The molecule has 1 aromatic heterocycles. The Hall–Kier alpha value is -2.89. The summed E-state index contributed by atoms with van der Waals surface area (Å²) < 4.78 is 4.95. The van der Waals surface area contributed by atoms with Crippen LogP contribution >= 0.6 is 0 Å². The van der Waals surface area contributed by atoms with Gasteiger partial charge in [0.2, 0.25) is 0 Å². The Morgan fingerprint density at radius 1 is 1.08 bits per heavy atom. The molecule has 2 rings (SSSR count). The average Bonchev–Trinajstić information content (AvgIpc) is 2.63. The number of ether oxygens (including phenoxy) is 1. The molecule has 0 unspecified atom stereocenters. The van der Waals surface area contributed by atoms with Crippen LogP contribution in [0.25, 0.3) is 0 Å². The lowest BCUT2D eigenvalue weighted by atomic mass is 10.2. The quantitative estimate of drug-likeness (QED) is 0.567. The molecule has 0 fully saturated rings. The average molecular weight is 341 g/mol. The smallest absolute Gasteiger partial charge is 0.338 e. The van der Waals surface area contributed by atoms with Gasteiger partial charge < -0.3 is 15.4 Å². The molecule has 0 spiro atoms. The fourth-order valence-corrected chi connectivity index (χ4v) is 2.17. The van der Waals surface area contributed by atoms with E-state index in [4.69, 9.17) is 4.74 Å². The number of carbonyl (C=O) groups excluding carboxylic acids is 2. The molecule has 0 atom stereocenters. The Morgan fingerprint density at radius 3 is 2.52 bits per heavy atom. The van der Waals surface area contributed by atoms with Crippen molar-refractivity contribution in [1.82, 2.24) is 10.3 Å². The number of benzene rings is 1. The number of anilines is 2. The maximum atomic E-state index is 12.1. The van der Waals surface area contributed by atoms with Crippen molar-refractivity contribution in [2.24, 2.45) is 0 Å². The number of nitrogens with zero attached hydrogens (tertiary/aromatic N) is 1. The first-order valence-corrected chi connectivity index (χ1v) is 8.42. The number of nitrogens with one attached hydrogen (secondary N) is 2. The van der Waals surface area contributed by atoms with E-state index < -0.39 is 0 Å². The first-order chi connectivity index (χ1) is 12.1. The van der Waals surface area contributed by atoms with Gasteiger partial charge in [-0.25, -0.2) is 9.78 Å². The molecule has 6 nitrogen and oxygen atoms in total. The molecule has 1 heterocycles. The summed E-state index contributed by atoms with van der Waals surface area (Å²) >= 11 is 0. The van der Waals surface area contributed by atoms with E-state index in [1.54, 1.807) is 49.5 Å². The molecule has 1 amide bonds. The van der Waals surface area contributed by atoms with Crippen molar-refractivity contribution >= 4 is 23.4 Å². The van der Waals surface area contributed by atoms with Crippen LogP contribution in [0.2, 0.25) is 0 Å². The van der Waals surface area contributed by atoms with E-state index >= 15 is 0 Å². The van der Waals surface area contributed by atoms with Crippen molar-refractivity contribution in [3.63, 3.8) is 0 Å². The van der Waals surface area contributed by atoms with Crippen LogP contribution in [0.4, 0.5) is 11.5 Å². The molecular formula is C19H23N3O3. The lowest BCUT2D eigenvalue weighted by molar-refractivity contribution is 0.0526. The van der Waals surface area contributed by atoms with E-state index in [1.165, 1.54) is 0 Å². The van der Waals surface area contributed by atoms with Crippen molar-refractivity contribution in [3.8, 4) is 0 Å². The van der Waals surface area contributed by atoms with Gasteiger partial charge >= 0.3 is 5.97 Å². The molecule has 25 heavy (non-hydrogen) atoms. The second-order valence-electron chi connectivity index (χ2n) is 5.46. The zero-order valence-corrected chi connectivity index (χ0v) is 14.5. The fraction of sp³-hybridized carbons (Fsp3) is 0.316. The molecule has 0 aliphatic carbocycles. The van der Waals surface area contributed by atoms with Gasteiger partial charge in [0.1, 0.15) is 5.82 Å². The molecule has 0 saturated heterocycles. The number of unbranched alkanes of at least 4 members (excludes halogenated alkanes) is 1. The topological polar surface area (TPSA) is 80.3 Å². The predicted octanol–water partition coefficient (Wildman–Crippen LogP) is 3.53. The lowest BCUT2D eigenvalue weighted by Gasteiger charge is -2.09. The molecule has 0 bridgehead atoms. The second-order valence-corrected chi connectivity index (χ2v) is 5.46. The number of esters is 1. The predicted molar refractivity (Wildman–Crippen MR) is 97.2 cm³/mol. The zero-order chi connectivity index (χ0) is 18.1. The van der Waals surface area contributed by atoms with Crippen molar-refractivity contribution in [3.05, 3.63) is 53.7 Å². The minimum Gasteiger partial charge on any atom is -0.462 e. The highest BCUT2D eigenvalue weighted by atomic mass is 16.5. The standard InChI is InChI=1S/C19H23N3O3/c1-3-5-11-21-18(23)15-10-12-20-17(13-15)22-16-8-6-14(7-9-16)19(24)25-4-2/h6-10,12-13H,3-5,11H2,1-2H3,(H,20,22)(H,21,23). The van der Waals surface area contributed by atoms with Crippen LogP contribution in [0.5, 0.6) is 0 Å². The van der Waals surface area contributed by atoms with Gasteiger partial charge in [0, 0.05) is 24.0 Å². The summed E-state index contributed by atoms with van der Waals surface area (Å²) in [5.41, 5.74) is 1.81. The van der Waals surface area contributed by atoms with Crippen molar-refractivity contribution in [2.45, 2.75) is 26.7 Å². The first-order valence-electron chi connectivity index (χ1n) is 8.42. The zero-order valence-electron chi connectivity index (χ0n) is 14.5. The van der Waals surface area contributed by atoms with Gasteiger partial charge in [-0.3, -0.25) is 4.79 Å². The number of rotatable bonds is 8. The van der Waals surface area contributed by atoms with Crippen LogP contribution in [0.15, 0.2) is 42.6 Å². The SMILES string of the molecule is CCCCNC(=O)c1ccnc(Nc2ccc(C(=O)OCC)cc2)c1. The number of hydrogen-bond donors (Lipinski definition) is 2. The van der Waals surface area contributed by atoms with Gasteiger partial charge in [-0.1, -0.05) is 13.3 Å².